The molecule has 0 N–H and O–H groups in total. The van der Waals surface area contributed by atoms with Crippen molar-refractivity contribution in [2.75, 3.05) is 4.90 Å². The Morgan fingerprint density at radius 3 is 2.48 bits per heavy atom. The predicted molar refractivity (Wildman–Crippen MR) is 118 cm³/mol. The van der Waals surface area contributed by atoms with Crippen LogP contribution in [0.15, 0.2) is 53.7 Å². The van der Waals surface area contributed by atoms with Gasteiger partial charge in [-0.1, -0.05) is 61.3 Å². The molecule has 2 aromatic carbocycles. The van der Waals surface area contributed by atoms with Gasteiger partial charge in [0.05, 0.1) is 5.69 Å². The summed E-state index contributed by atoms with van der Waals surface area (Å²) in [7, 11) is 0. The van der Waals surface area contributed by atoms with Crippen molar-refractivity contribution in [3.63, 3.8) is 0 Å². The molecule has 29 heavy (non-hydrogen) atoms. The molecular weight excluding hydrogens is 405 g/mol. The second-order valence-corrected chi connectivity index (χ2v) is 9.58. The van der Waals surface area contributed by atoms with Crippen LogP contribution in [-0.2, 0) is 9.59 Å². The molecule has 1 aliphatic heterocycles. The summed E-state index contributed by atoms with van der Waals surface area (Å²) in [5.74, 6) is -0.256. The minimum atomic E-state index is -0.314. The summed E-state index contributed by atoms with van der Waals surface area (Å²) in [6.07, 6.45) is 1.32. The van der Waals surface area contributed by atoms with E-state index in [9.17, 15) is 9.59 Å². The van der Waals surface area contributed by atoms with Gasteiger partial charge in [0.2, 0.25) is 5.91 Å². The zero-order chi connectivity index (χ0) is 20.9. The van der Waals surface area contributed by atoms with E-state index < -0.39 is 0 Å². The highest BCUT2D eigenvalue weighted by molar-refractivity contribution is 6.32. The average molecular weight is 428 g/mol. The molecule has 2 aromatic rings. The molecule has 1 unspecified atom stereocenters. The second-order valence-electron chi connectivity index (χ2n) is 8.74. The van der Waals surface area contributed by atoms with Crippen LogP contribution < -0.4 is 4.90 Å². The predicted octanol–water partition coefficient (Wildman–Crippen LogP) is 6.47. The minimum absolute atomic E-state index is 0.0375. The number of hydrogen-bond acceptors (Lipinski definition) is 2. The lowest BCUT2D eigenvalue weighted by Gasteiger charge is -2.43. The van der Waals surface area contributed by atoms with E-state index in [1.165, 1.54) is 0 Å². The van der Waals surface area contributed by atoms with Crippen molar-refractivity contribution in [3.8, 4) is 0 Å². The molecule has 0 fully saturated rings. The fourth-order valence-electron chi connectivity index (χ4n) is 4.54. The Kier molecular flexibility index (Phi) is 5.08. The third-order valence-corrected chi connectivity index (χ3v) is 6.41. The number of hydrogen-bond donors (Lipinski definition) is 0. The maximum absolute atomic E-state index is 13.4. The monoisotopic (exact) mass is 427 g/mol. The molecule has 2 aliphatic rings. The first-order valence-electron chi connectivity index (χ1n) is 9.78. The second kappa shape index (κ2) is 7.30. The fourth-order valence-corrected chi connectivity index (χ4v) is 4.98. The molecule has 1 aliphatic carbocycles. The number of nitrogens with zero attached hydrogens (tertiary/aromatic N) is 1. The van der Waals surface area contributed by atoms with Crippen molar-refractivity contribution in [2.45, 2.75) is 46.0 Å². The Bertz CT molecular complexity index is 1050. The van der Waals surface area contributed by atoms with Gasteiger partial charge in [-0.2, -0.15) is 0 Å². The third kappa shape index (κ3) is 3.62. The van der Waals surface area contributed by atoms with Gasteiger partial charge in [0.1, 0.15) is 0 Å². The minimum Gasteiger partial charge on any atom is -0.294 e. The number of Topliss-reactive ketones (excluding diaryl/α,β-unsaturated/α-hetero) is 1. The lowest BCUT2D eigenvalue weighted by atomic mass is 9.69. The number of halogens is 2. The average Bonchev–Trinajstić information content (AvgIpc) is 2.63. The number of aryl methyl sites for hydroxylation is 1. The molecule has 0 saturated carbocycles. The van der Waals surface area contributed by atoms with E-state index in [-0.39, 0.29) is 29.4 Å². The van der Waals surface area contributed by atoms with Gasteiger partial charge >= 0.3 is 0 Å². The SMILES string of the molecule is Cc1ccc(Cl)cc1N1C(=O)CC(c2ccccc2Cl)C2=C1CC(C)(C)CC2=O. The molecule has 3 nitrogen and oxygen atoms in total. The number of carbonyl (C=O) groups is 2. The summed E-state index contributed by atoms with van der Waals surface area (Å²) >= 11 is 12.7. The molecule has 1 atom stereocenters. The first-order valence-corrected chi connectivity index (χ1v) is 10.5. The number of amides is 1. The molecule has 0 spiro atoms. The summed E-state index contributed by atoms with van der Waals surface area (Å²) in [4.78, 5) is 28.5. The smallest absolute Gasteiger partial charge is 0.232 e. The van der Waals surface area contributed by atoms with Crippen LogP contribution in [0.5, 0.6) is 0 Å². The van der Waals surface area contributed by atoms with Gasteiger partial charge in [0.15, 0.2) is 5.78 Å². The number of allylic oxidation sites excluding steroid dienone is 2. The summed E-state index contributed by atoms with van der Waals surface area (Å²) in [5.41, 5.74) is 3.82. The highest BCUT2D eigenvalue weighted by Gasteiger charge is 2.45. The Balaban J connectivity index is 1.95. The molecule has 0 saturated heterocycles. The van der Waals surface area contributed by atoms with Crippen LogP contribution in [0, 0.1) is 12.3 Å². The first kappa shape index (κ1) is 20.2. The number of benzene rings is 2. The van der Waals surface area contributed by atoms with Crippen molar-refractivity contribution in [1.29, 1.82) is 0 Å². The summed E-state index contributed by atoms with van der Waals surface area (Å²) < 4.78 is 0. The standard InChI is InChI=1S/C24H23Cl2NO2/c1-14-8-9-15(25)10-19(14)27-20-12-24(2,3)13-21(28)23(20)17(11-22(27)29)16-6-4-5-7-18(16)26/h4-10,17H,11-13H2,1-3H3. The Hall–Kier alpha value is -2.10. The van der Waals surface area contributed by atoms with Crippen molar-refractivity contribution in [3.05, 3.63) is 74.9 Å². The number of carbonyl (C=O) groups excluding carboxylic acids is 2. The first-order chi connectivity index (χ1) is 13.7. The van der Waals surface area contributed by atoms with Crippen LogP contribution in [0.3, 0.4) is 0 Å². The van der Waals surface area contributed by atoms with Crippen molar-refractivity contribution in [1.82, 2.24) is 0 Å². The Labute approximate surface area is 181 Å². The molecule has 1 heterocycles. The van der Waals surface area contributed by atoms with Gasteiger partial charge in [-0.15, -0.1) is 0 Å². The van der Waals surface area contributed by atoms with Crippen molar-refractivity contribution >= 4 is 40.6 Å². The number of ketones is 1. The van der Waals surface area contributed by atoms with Gasteiger partial charge in [0.25, 0.3) is 0 Å². The fraction of sp³-hybridized carbons (Fsp3) is 0.333. The molecule has 0 aromatic heterocycles. The third-order valence-electron chi connectivity index (χ3n) is 5.84. The highest BCUT2D eigenvalue weighted by Crippen LogP contribution is 2.49. The molecule has 4 rings (SSSR count). The van der Waals surface area contributed by atoms with Crippen LogP contribution >= 0.6 is 23.2 Å². The van der Waals surface area contributed by atoms with E-state index in [0.717, 1.165) is 28.1 Å². The summed E-state index contributed by atoms with van der Waals surface area (Å²) in [5, 5.41) is 1.15. The van der Waals surface area contributed by atoms with Gasteiger partial charge in [0, 0.05) is 40.1 Å². The molecule has 0 radical (unpaired) electrons. The van der Waals surface area contributed by atoms with Gasteiger partial charge in [-0.05, 0) is 48.1 Å². The Morgan fingerprint density at radius 2 is 1.76 bits per heavy atom. The van der Waals surface area contributed by atoms with E-state index in [1.807, 2.05) is 43.3 Å². The lowest BCUT2D eigenvalue weighted by molar-refractivity contribution is -0.121. The lowest BCUT2D eigenvalue weighted by Crippen LogP contribution is -2.44. The van der Waals surface area contributed by atoms with E-state index in [4.69, 9.17) is 23.2 Å². The normalized spacial score (nSPS) is 21.4. The summed E-state index contributed by atoms with van der Waals surface area (Å²) in [6.45, 7) is 6.09. The van der Waals surface area contributed by atoms with Crippen molar-refractivity contribution < 1.29 is 9.59 Å². The number of anilines is 1. The quantitative estimate of drug-likeness (QED) is 0.550. The van der Waals surface area contributed by atoms with Crippen LogP contribution in [0.4, 0.5) is 5.69 Å². The van der Waals surface area contributed by atoms with E-state index >= 15 is 0 Å². The largest absolute Gasteiger partial charge is 0.294 e. The summed E-state index contributed by atoms with van der Waals surface area (Å²) in [6, 6.07) is 13.0. The van der Waals surface area contributed by atoms with Crippen LogP contribution in [0.2, 0.25) is 10.0 Å². The molecular formula is C24H23Cl2NO2. The molecule has 5 heteroatoms. The maximum Gasteiger partial charge on any atom is 0.232 e. The van der Waals surface area contributed by atoms with E-state index in [2.05, 4.69) is 13.8 Å². The number of rotatable bonds is 2. The topological polar surface area (TPSA) is 37.4 Å². The zero-order valence-corrected chi connectivity index (χ0v) is 18.3. The van der Waals surface area contributed by atoms with Crippen LogP contribution in [-0.4, -0.2) is 11.7 Å². The van der Waals surface area contributed by atoms with Gasteiger partial charge < -0.3 is 0 Å². The van der Waals surface area contributed by atoms with Crippen LogP contribution in [0.25, 0.3) is 0 Å². The van der Waals surface area contributed by atoms with E-state index in [0.29, 0.717) is 22.9 Å². The van der Waals surface area contributed by atoms with Gasteiger partial charge in [-0.25, -0.2) is 0 Å². The molecule has 150 valence electrons. The highest BCUT2D eigenvalue weighted by atomic mass is 35.5. The van der Waals surface area contributed by atoms with Gasteiger partial charge in [-0.3, -0.25) is 14.5 Å². The molecule has 0 bridgehead atoms. The van der Waals surface area contributed by atoms with Crippen LogP contribution in [0.1, 0.15) is 50.2 Å². The maximum atomic E-state index is 13.4. The van der Waals surface area contributed by atoms with E-state index in [1.54, 1.807) is 11.0 Å². The van der Waals surface area contributed by atoms with Crippen molar-refractivity contribution in [2.24, 2.45) is 5.41 Å². The zero-order valence-electron chi connectivity index (χ0n) is 16.8. The molecule has 1 amide bonds. The Morgan fingerprint density at radius 1 is 1.03 bits per heavy atom.